The zero-order valence-corrected chi connectivity index (χ0v) is 24.8. The summed E-state index contributed by atoms with van der Waals surface area (Å²) in [6.07, 6.45) is 1.78. The smallest absolute Gasteiger partial charge is 0.497 e. The largest absolute Gasteiger partial charge is 2.00 e. The molecule has 196 valence electrons. The van der Waals surface area contributed by atoms with Crippen LogP contribution < -0.4 is 9.64 Å². The minimum atomic E-state index is 0. The van der Waals surface area contributed by atoms with E-state index >= 15 is 0 Å². The second-order valence-corrected chi connectivity index (χ2v) is 10.8. The van der Waals surface area contributed by atoms with Crippen molar-refractivity contribution in [1.29, 1.82) is 0 Å². The summed E-state index contributed by atoms with van der Waals surface area (Å²) >= 11 is 0. The third-order valence-electron chi connectivity index (χ3n) is 6.67. The first kappa shape index (κ1) is 27.8. The van der Waals surface area contributed by atoms with Gasteiger partial charge in [0.15, 0.2) is 0 Å². The summed E-state index contributed by atoms with van der Waals surface area (Å²) in [5, 5.41) is 0. The summed E-state index contributed by atoms with van der Waals surface area (Å²) < 4.78 is 6.20. The number of nitrogens with zero attached hydrogens (tertiary/aromatic N) is 3. The fourth-order valence-electron chi connectivity index (χ4n) is 4.42. The summed E-state index contributed by atoms with van der Waals surface area (Å²) in [5.74, 6) is 2.63. The van der Waals surface area contributed by atoms with Crippen LogP contribution in [-0.4, -0.2) is 23.4 Å². The molecule has 0 aliphatic carbocycles. The maximum Gasteiger partial charge on any atom is 2.00 e. The molecule has 5 heteroatoms. The Kier molecular flexibility index (Phi) is 8.53. The third kappa shape index (κ3) is 6.25. The van der Waals surface area contributed by atoms with Gasteiger partial charge in [-0.3, -0.25) is 0 Å². The topological polar surface area (TPSA) is 37.7 Å². The Morgan fingerprint density at radius 3 is 2.11 bits per heavy atom. The van der Waals surface area contributed by atoms with Gasteiger partial charge in [-0.2, -0.15) is 0 Å². The van der Waals surface area contributed by atoms with Crippen LogP contribution in [0.1, 0.15) is 45.7 Å². The number of pyridine rings is 1. The SMILES string of the molecule is CC(C)[C@H]1CN(c2ccc(C(C)(C)C)cc2)C(c2[c-]c(Oc3[c-]c(-c4ccccn4)ccc3)ccc2)=N1.[Pt+2]. The van der Waals surface area contributed by atoms with E-state index in [1.54, 1.807) is 6.20 Å². The van der Waals surface area contributed by atoms with Crippen molar-refractivity contribution in [2.45, 2.75) is 46.1 Å². The molecule has 4 aromatic rings. The standard InChI is InChI=1S/C33H33N3O.Pt/c1-23(2)31-22-36(27-17-15-26(16-18-27)33(3,4)5)32(35-31)25-11-9-13-29(21-25)37-28-12-8-10-24(20-28)30-14-6-7-19-34-30;/h6-19,23,31H,22H2,1-5H3;/q-2;+2/t31-;/m1./s1. The first-order chi connectivity index (χ1) is 17.8. The molecule has 0 bridgehead atoms. The van der Waals surface area contributed by atoms with E-state index in [-0.39, 0.29) is 32.5 Å². The molecule has 1 aliphatic rings. The predicted octanol–water partition coefficient (Wildman–Crippen LogP) is 7.73. The van der Waals surface area contributed by atoms with Crippen molar-refractivity contribution in [1.82, 2.24) is 4.98 Å². The Balaban J connectivity index is 0.00000336. The van der Waals surface area contributed by atoms with Crippen LogP contribution in [0.15, 0.2) is 90.1 Å². The van der Waals surface area contributed by atoms with Crippen molar-refractivity contribution >= 4 is 11.5 Å². The summed E-state index contributed by atoms with van der Waals surface area (Å²) in [6, 6.07) is 33.5. The van der Waals surface area contributed by atoms with Gasteiger partial charge in [-0.25, -0.2) is 0 Å². The Morgan fingerprint density at radius 2 is 1.50 bits per heavy atom. The molecular weight excluding hydrogens is 649 g/mol. The number of benzene rings is 3. The predicted molar refractivity (Wildman–Crippen MR) is 152 cm³/mol. The molecule has 1 atom stereocenters. The molecule has 0 saturated heterocycles. The van der Waals surface area contributed by atoms with E-state index in [0.717, 1.165) is 34.9 Å². The van der Waals surface area contributed by atoms with E-state index in [1.807, 2.05) is 48.5 Å². The summed E-state index contributed by atoms with van der Waals surface area (Å²) in [5.41, 5.74) is 5.25. The van der Waals surface area contributed by atoms with Gasteiger partial charge in [0.25, 0.3) is 0 Å². The van der Waals surface area contributed by atoms with Gasteiger partial charge in [0.1, 0.15) is 0 Å². The monoisotopic (exact) mass is 682 g/mol. The van der Waals surface area contributed by atoms with Gasteiger partial charge in [-0.1, -0.05) is 71.0 Å². The molecule has 2 heterocycles. The van der Waals surface area contributed by atoms with Crippen LogP contribution in [0.5, 0.6) is 11.5 Å². The van der Waals surface area contributed by atoms with Crippen LogP contribution in [0.25, 0.3) is 11.3 Å². The van der Waals surface area contributed by atoms with Gasteiger partial charge in [-0.05, 0) is 40.8 Å². The minimum Gasteiger partial charge on any atom is -0.497 e. The zero-order valence-electron chi connectivity index (χ0n) is 22.5. The van der Waals surface area contributed by atoms with Crippen LogP contribution in [0, 0.1) is 18.1 Å². The number of rotatable bonds is 6. The Morgan fingerprint density at radius 1 is 0.842 bits per heavy atom. The van der Waals surface area contributed by atoms with Crippen molar-refractivity contribution in [3.05, 3.63) is 108 Å². The first-order valence-electron chi connectivity index (χ1n) is 12.9. The van der Waals surface area contributed by atoms with Crippen LogP contribution in [-0.2, 0) is 26.5 Å². The number of anilines is 1. The molecule has 0 amide bonds. The van der Waals surface area contributed by atoms with Crippen LogP contribution in [0.4, 0.5) is 5.69 Å². The van der Waals surface area contributed by atoms with Gasteiger partial charge in [0, 0.05) is 29.9 Å². The molecule has 1 aromatic heterocycles. The quantitative estimate of drug-likeness (QED) is 0.196. The number of hydrogen-bond acceptors (Lipinski definition) is 4. The van der Waals surface area contributed by atoms with Crippen molar-refractivity contribution in [2.75, 3.05) is 11.4 Å². The average molecular weight is 683 g/mol. The Bertz CT molecular complexity index is 1390. The number of aliphatic imine (C=N–C) groups is 1. The van der Waals surface area contributed by atoms with Gasteiger partial charge < -0.3 is 19.6 Å². The number of amidine groups is 1. The van der Waals surface area contributed by atoms with E-state index in [1.165, 1.54) is 5.56 Å². The molecule has 0 saturated carbocycles. The molecule has 1 aliphatic heterocycles. The van der Waals surface area contributed by atoms with Crippen LogP contribution in [0.3, 0.4) is 0 Å². The molecule has 3 aromatic carbocycles. The Hall–Kier alpha value is -3.23. The molecule has 38 heavy (non-hydrogen) atoms. The Labute approximate surface area is 241 Å². The van der Waals surface area contributed by atoms with Crippen LogP contribution >= 0.6 is 0 Å². The molecule has 0 N–H and O–H groups in total. The van der Waals surface area contributed by atoms with E-state index in [2.05, 4.69) is 87.0 Å². The van der Waals surface area contributed by atoms with Gasteiger partial charge >= 0.3 is 21.1 Å². The number of aromatic nitrogens is 1. The summed E-state index contributed by atoms with van der Waals surface area (Å²) in [7, 11) is 0. The summed E-state index contributed by atoms with van der Waals surface area (Å²) in [4.78, 5) is 11.9. The molecule has 0 unspecified atom stereocenters. The van der Waals surface area contributed by atoms with Crippen molar-refractivity contribution in [3.8, 4) is 22.8 Å². The minimum absolute atomic E-state index is 0. The molecule has 4 nitrogen and oxygen atoms in total. The average Bonchev–Trinajstić information content (AvgIpc) is 3.35. The maximum atomic E-state index is 6.20. The van der Waals surface area contributed by atoms with Gasteiger partial charge in [0.05, 0.1) is 11.9 Å². The van der Waals surface area contributed by atoms with Crippen LogP contribution in [0.2, 0.25) is 0 Å². The second-order valence-electron chi connectivity index (χ2n) is 10.8. The molecule has 0 fully saturated rings. The van der Waals surface area contributed by atoms with Gasteiger partial charge in [-0.15, -0.1) is 47.5 Å². The van der Waals surface area contributed by atoms with Crippen molar-refractivity contribution in [2.24, 2.45) is 10.9 Å². The van der Waals surface area contributed by atoms with E-state index in [9.17, 15) is 0 Å². The summed E-state index contributed by atoms with van der Waals surface area (Å²) in [6.45, 7) is 12.0. The molecular formula is C33H33N3OPt. The second kappa shape index (κ2) is 11.7. The number of ether oxygens (including phenoxy) is 1. The first-order valence-corrected chi connectivity index (χ1v) is 12.9. The fourth-order valence-corrected chi connectivity index (χ4v) is 4.42. The van der Waals surface area contributed by atoms with E-state index < -0.39 is 0 Å². The van der Waals surface area contributed by atoms with E-state index in [4.69, 9.17) is 9.73 Å². The zero-order chi connectivity index (χ0) is 26.0. The normalized spacial score (nSPS) is 15.3. The number of hydrogen-bond donors (Lipinski definition) is 0. The van der Waals surface area contributed by atoms with E-state index in [0.29, 0.717) is 17.4 Å². The van der Waals surface area contributed by atoms with Crippen molar-refractivity contribution in [3.63, 3.8) is 0 Å². The molecule has 5 rings (SSSR count). The fraction of sp³-hybridized carbons (Fsp3) is 0.273. The van der Waals surface area contributed by atoms with Gasteiger partial charge in [0.2, 0.25) is 0 Å². The molecule has 0 spiro atoms. The third-order valence-corrected chi connectivity index (χ3v) is 6.67. The van der Waals surface area contributed by atoms with Crippen molar-refractivity contribution < 1.29 is 25.8 Å². The maximum absolute atomic E-state index is 6.20. The molecule has 0 radical (unpaired) electrons.